The van der Waals surface area contributed by atoms with Gasteiger partial charge in [0.05, 0.1) is 0 Å². The van der Waals surface area contributed by atoms with Crippen molar-refractivity contribution in [2.24, 2.45) is 0 Å². The van der Waals surface area contributed by atoms with Crippen LogP contribution in [0.4, 0.5) is 20.4 Å². The summed E-state index contributed by atoms with van der Waals surface area (Å²) in [6, 6.07) is 0.748. The van der Waals surface area contributed by atoms with Crippen LogP contribution in [0.25, 0.3) is 0 Å². The molecule has 3 nitrogen and oxygen atoms in total. The second-order valence-electron chi connectivity index (χ2n) is 3.67. The standard InChI is InChI=1S/C11H17F2N3S/c1-17-6-4-2-3-5-15-11-9(13)7-8(12)10(14)16-11/h7H,2-6H2,1H3,(H3,14,15,16). The molecule has 0 aliphatic carbocycles. The van der Waals surface area contributed by atoms with Crippen LogP contribution >= 0.6 is 11.8 Å². The van der Waals surface area contributed by atoms with E-state index in [1.54, 1.807) is 0 Å². The van der Waals surface area contributed by atoms with Crippen LogP contribution in [0.15, 0.2) is 6.07 Å². The summed E-state index contributed by atoms with van der Waals surface area (Å²) in [5, 5.41) is 2.82. The molecule has 17 heavy (non-hydrogen) atoms. The first kappa shape index (κ1) is 14.0. The van der Waals surface area contributed by atoms with E-state index in [1.807, 2.05) is 11.8 Å². The van der Waals surface area contributed by atoms with E-state index in [2.05, 4.69) is 16.6 Å². The molecule has 0 spiro atoms. The Balaban J connectivity index is 2.34. The maximum Gasteiger partial charge on any atom is 0.168 e. The minimum Gasteiger partial charge on any atom is -0.381 e. The lowest BCUT2D eigenvalue weighted by molar-refractivity contribution is 0.579. The topological polar surface area (TPSA) is 50.9 Å². The molecule has 0 aromatic carbocycles. The Kier molecular flexibility index (Phi) is 6.04. The summed E-state index contributed by atoms with van der Waals surface area (Å²) >= 11 is 1.81. The van der Waals surface area contributed by atoms with Crippen LogP contribution in [-0.4, -0.2) is 23.5 Å². The maximum atomic E-state index is 13.2. The summed E-state index contributed by atoms with van der Waals surface area (Å²) in [4.78, 5) is 3.62. The van der Waals surface area contributed by atoms with Gasteiger partial charge in [0.15, 0.2) is 23.3 Å². The second-order valence-corrected chi connectivity index (χ2v) is 4.65. The lowest BCUT2D eigenvalue weighted by atomic mass is 10.2. The van der Waals surface area contributed by atoms with Crippen molar-refractivity contribution in [3.05, 3.63) is 17.7 Å². The number of rotatable bonds is 7. The normalized spacial score (nSPS) is 10.5. The molecule has 0 radical (unpaired) electrons. The van der Waals surface area contributed by atoms with Gasteiger partial charge in [0.2, 0.25) is 0 Å². The van der Waals surface area contributed by atoms with Crippen molar-refractivity contribution in [2.45, 2.75) is 19.3 Å². The minimum atomic E-state index is -0.826. The summed E-state index contributed by atoms with van der Waals surface area (Å²) in [5.74, 6) is -0.658. The van der Waals surface area contributed by atoms with E-state index < -0.39 is 11.6 Å². The van der Waals surface area contributed by atoms with Crippen molar-refractivity contribution in [3.8, 4) is 0 Å². The molecule has 6 heteroatoms. The van der Waals surface area contributed by atoms with E-state index in [-0.39, 0.29) is 11.6 Å². The van der Waals surface area contributed by atoms with Gasteiger partial charge >= 0.3 is 0 Å². The summed E-state index contributed by atoms with van der Waals surface area (Å²) in [5.41, 5.74) is 5.26. The summed E-state index contributed by atoms with van der Waals surface area (Å²) < 4.78 is 26.1. The molecular formula is C11H17F2N3S. The SMILES string of the molecule is CSCCCCCNc1nc(N)c(F)cc1F. The second kappa shape index (κ2) is 7.32. The fourth-order valence-corrected chi connectivity index (χ4v) is 1.85. The first-order chi connectivity index (χ1) is 8.15. The predicted molar refractivity (Wildman–Crippen MR) is 69.3 cm³/mol. The van der Waals surface area contributed by atoms with Gasteiger partial charge in [-0.05, 0) is 24.9 Å². The number of anilines is 2. The Morgan fingerprint density at radius 1 is 1.29 bits per heavy atom. The molecule has 0 amide bonds. The lowest BCUT2D eigenvalue weighted by Crippen LogP contribution is -2.08. The van der Waals surface area contributed by atoms with Crippen LogP contribution in [0.2, 0.25) is 0 Å². The van der Waals surface area contributed by atoms with Gasteiger partial charge in [-0.25, -0.2) is 13.8 Å². The molecule has 0 saturated heterocycles. The van der Waals surface area contributed by atoms with Crippen LogP contribution in [0.5, 0.6) is 0 Å². The molecule has 0 bridgehead atoms. The van der Waals surface area contributed by atoms with Crippen molar-refractivity contribution in [1.29, 1.82) is 0 Å². The third-order valence-corrected chi connectivity index (χ3v) is 2.97. The van der Waals surface area contributed by atoms with E-state index in [9.17, 15) is 8.78 Å². The average molecular weight is 261 g/mol. The number of nitrogens with zero attached hydrogens (tertiary/aromatic N) is 1. The van der Waals surface area contributed by atoms with Crippen LogP contribution in [0, 0.1) is 11.6 Å². The van der Waals surface area contributed by atoms with Crippen molar-refractivity contribution >= 4 is 23.4 Å². The first-order valence-corrected chi connectivity index (χ1v) is 6.89. The van der Waals surface area contributed by atoms with Crippen molar-refractivity contribution in [2.75, 3.05) is 29.6 Å². The molecular weight excluding hydrogens is 244 g/mol. The quantitative estimate of drug-likeness (QED) is 0.741. The van der Waals surface area contributed by atoms with E-state index >= 15 is 0 Å². The number of halogens is 2. The monoisotopic (exact) mass is 261 g/mol. The molecule has 1 rings (SSSR count). The fraction of sp³-hybridized carbons (Fsp3) is 0.545. The molecule has 96 valence electrons. The number of pyridine rings is 1. The number of hydrogen-bond donors (Lipinski definition) is 2. The van der Waals surface area contributed by atoms with Gasteiger partial charge < -0.3 is 11.1 Å². The maximum absolute atomic E-state index is 13.2. The molecule has 0 atom stereocenters. The molecule has 1 aromatic heterocycles. The van der Waals surface area contributed by atoms with E-state index in [0.29, 0.717) is 6.54 Å². The average Bonchev–Trinajstić information content (AvgIpc) is 2.30. The highest BCUT2D eigenvalue weighted by Gasteiger charge is 2.08. The molecule has 0 aliphatic heterocycles. The number of hydrogen-bond acceptors (Lipinski definition) is 4. The number of nitrogens with one attached hydrogen (secondary N) is 1. The molecule has 1 aromatic rings. The lowest BCUT2D eigenvalue weighted by Gasteiger charge is -2.07. The highest BCUT2D eigenvalue weighted by atomic mass is 32.2. The molecule has 3 N–H and O–H groups in total. The summed E-state index contributed by atoms with van der Waals surface area (Å²) in [7, 11) is 0. The number of nitrogen functional groups attached to an aromatic ring is 1. The Morgan fingerprint density at radius 2 is 2.06 bits per heavy atom. The third kappa shape index (κ3) is 4.77. The number of nitrogens with two attached hydrogens (primary N) is 1. The van der Waals surface area contributed by atoms with Crippen molar-refractivity contribution in [1.82, 2.24) is 4.98 Å². The van der Waals surface area contributed by atoms with Gasteiger partial charge in [-0.2, -0.15) is 11.8 Å². The highest BCUT2D eigenvalue weighted by molar-refractivity contribution is 7.98. The molecule has 0 saturated carbocycles. The van der Waals surface area contributed by atoms with Crippen LogP contribution < -0.4 is 11.1 Å². The van der Waals surface area contributed by atoms with E-state index in [4.69, 9.17) is 5.73 Å². The zero-order valence-electron chi connectivity index (χ0n) is 9.80. The van der Waals surface area contributed by atoms with Gasteiger partial charge in [-0.1, -0.05) is 6.42 Å². The molecule has 0 aliphatic rings. The predicted octanol–water partition coefficient (Wildman–Crippen LogP) is 2.89. The smallest absolute Gasteiger partial charge is 0.168 e. The number of thioether (sulfide) groups is 1. The fourth-order valence-electron chi connectivity index (χ4n) is 1.36. The molecule has 0 unspecified atom stereocenters. The van der Waals surface area contributed by atoms with E-state index in [0.717, 1.165) is 31.1 Å². The first-order valence-electron chi connectivity index (χ1n) is 5.49. The molecule has 0 fully saturated rings. The van der Waals surface area contributed by atoms with Gasteiger partial charge in [-0.15, -0.1) is 0 Å². The van der Waals surface area contributed by atoms with Gasteiger partial charge in [0, 0.05) is 12.6 Å². The zero-order chi connectivity index (χ0) is 12.7. The number of unbranched alkanes of at least 4 members (excludes halogenated alkanes) is 2. The van der Waals surface area contributed by atoms with Crippen molar-refractivity contribution in [3.63, 3.8) is 0 Å². The van der Waals surface area contributed by atoms with Gasteiger partial charge in [-0.3, -0.25) is 0 Å². The zero-order valence-corrected chi connectivity index (χ0v) is 10.6. The Labute approximate surface area is 104 Å². The number of aromatic nitrogens is 1. The Morgan fingerprint density at radius 3 is 2.76 bits per heavy atom. The minimum absolute atomic E-state index is 0.0220. The summed E-state index contributed by atoms with van der Waals surface area (Å²) in [6.07, 6.45) is 5.22. The van der Waals surface area contributed by atoms with Crippen LogP contribution in [0.1, 0.15) is 19.3 Å². The largest absolute Gasteiger partial charge is 0.381 e. The highest BCUT2D eigenvalue weighted by Crippen LogP contribution is 2.16. The third-order valence-electron chi connectivity index (χ3n) is 2.27. The van der Waals surface area contributed by atoms with Crippen LogP contribution in [0.3, 0.4) is 0 Å². The van der Waals surface area contributed by atoms with Crippen molar-refractivity contribution < 1.29 is 8.78 Å². The van der Waals surface area contributed by atoms with Crippen LogP contribution in [-0.2, 0) is 0 Å². The van der Waals surface area contributed by atoms with Gasteiger partial charge in [0.25, 0.3) is 0 Å². The van der Waals surface area contributed by atoms with E-state index in [1.165, 1.54) is 0 Å². The summed E-state index contributed by atoms with van der Waals surface area (Å²) in [6.45, 7) is 0.614. The Hall–Kier alpha value is -1.04. The Bertz CT molecular complexity index is 361. The molecule has 1 heterocycles. The van der Waals surface area contributed by atoms with Gasteiger partial charge in [0.1, 0.15) is 0 Å².